The number of hydrogen-bond acceptors (Lipinski definition) is 4. The van der Waals surface area contributed by atoms with Gasteiger partial charge >= 0.3 is 0 Å². The lowest BCUT2D eigenvalue weighted by atomic mass is 10.1. The van der Waals surface area contributed by atoms with Crippen molar-refractivity contribution in [3.8, 4) is 0 Å². The lowest BCUT2D eigenvalue weighted by Gasteiger charge is -2.33. The molecule has 0 fully saturated rings. The summed E-state index contributed by atoms with van der Waals surface area (Å²) in [6.45, 7) is 10.7. The van der Waals surface area contributed by atoms with Gasteiger partial charge in [-0.25, -0.2) is 0 Å². The third kappa shape index (κ3) is 6.81. The number of nitrogens with zero attached hydrogens (tertiary/aromatic N) is 4. The van der Waals surface area contributed by atoms with E-state index < -0.39 is 10.8 Å². The Labute approximate surface area is 229 Å². The number of benzene rings is 2. The highest BCUT2D eigenvalue weighted by Crippen LogP contribution is 2.26. The van der Waals surface area contributed by atoms with E-state index in [1.165, 1.54) is 28.2 Å². The Hall–Kier alpha value is -3.65. The first-order valence-electron chi connectivity index (χ1n) is 12.8. The zero-order valence-electron chi connectivity index (χ0n) is 22.6. The Morgan fingerprint density at radius 3 is 2.39 bits per heavy atom. The summed E-state index contributed by atoms with van der Waals surface area (Å²) >= 11 is 5.93. The number of aromatic nitrogens is 1. The third-order valence-electron chi connectivity index (χ3n) is 6.88. The number of rotatable bonds is 11. The van der Waals surface area contributed by atoms with Crippen molar-refractivity contribution in [2.24, 2.45) is 0 Å². The van der Waals surface area contributed by atoms with E-state index in [4.69, 9.17) is 11.6 Å². The van der Waals surface area contributed by atoms with Crippen LogP contribution >= 0.6 is 11.6 Å². The topological polar surface area (TPSA) is 88.7 Å². The molecule has 1 unspecified atom stereocenters. The van der Waals surface area contributed by atoms with Gasteiger partial charge in [0.25, 0.3) is 11.6 Å². The molecule has 3 rings (SSSR count). The first kappa shape index (κ1) is 28.9. The minimum atomic E-state index is -0.624. The van der Waals surface area contributed by atoms with Crippen LogP contribution in [0.3, 0.4) is 0 Å². The molecule has 0 N–H and O–H groups in total. The summed E-state index contributed by atoms with van der Waals surface area (Å²) in [5, 5.41) is 11.3. The quantitative estimate of drug-likeness (QED) is 0.218. The molecule has 0 aliphatic rings. The number of nitro groups is 1. The Morgan fingerprint density at radius 1 is 1.05 bits per heavy atom. The second kappa shape index (κ2) is 12.7. The van der Waals surface area contributed by atoms with Crippen LogP contribution in [0.25, 0.3) is 0 Å². The molecule has 1 atom stereocenters. The summed E-state index contributed by atoms with van der Waals surface area (Å²) in [7, 11) is 0. The van der Waals surface area contributed by atoms with E-state index in [0.29, 0.717) is 13.1 Å². The van der Waals surface area contributed by atoms with Crippen molar-refractivity contribution in [1.29, 1.82) is 0 Å². The van der Waals surface area contributed by atoms with Crippen molar-refractivity contribution in [3.63, 3.8) is 0 Å². The fourth-order valence-electron chi connectivity index (χ4n) is 4.28. The van der Waals surface area contributed by atoms with E-state index in [2.05, 4.69) is 23.6 Å². The minimum Gasteiger partial charge on any atom is -0.345 e. The molecule has 0 aliphatic heterocycles. The molecule has 0 saturated heterocycles. The molecule has 0 bridgehead atoms. The largest absolute Gasteiger partial charge is 0.345 e. The molecule has 2 amide bonds. The maximum Gasteiger partial charge on any atom is 0.288 e. The molecular weight excluding hydrogens is 504 g/mol. The monoisotopic (exact) mass is 538 g/mol. The Kier molecular flexibility index (Phi) is 9.69. The number of halogens is 1. The Bertz CT molecular complexity index is 1300. The molecule has 202 valence electrons. The summed E-state index contributed by atoms with van der Waals surface area (Å²) in [4.78, 5) is 41.0. The average Bonchev–Trinajstić information content (AvgIpc) is 3.32. The van der Waals surface area contributed by atoms with Crippen LogP contribution in [0.15, 0.2) is 60.8 Å². The van der Waals surface area contributed by atoms with Crippen LogP contribution in [0.5, 0.6) is 0 Å². The molecule has 1 heterocycles. The Balaban J connectivity index is 1.83. The maximum absolute atomic E-state index is 13.7. The van der Waals surface area contributed by atoms with Crippen molar-refractivity contribution in [2.75, 3.05) is 6.54 Å². The summed E-state index contributed by atoms with van der Waals surface area (Å²) in [5.74, 6) is -0.645. The van der Waals surface area contributed by atoms with Gasteiger partial charge in [0.15, 0.2) is 0 Å². The zero-order valence-corrected chi connectivity index (χ0v) is 23.3. The van der Waals surface area contributed by atoms with Crippen LogP contribution in [-0.4, -0.2) is 49.7 Å². The van der Waals surface area contributed by atoms with E-state index >= 15 is 0 Å². The molecule has 0 spiro atoms. The van der Waals surface area contributed by atoms with Crippen LogP contribution in [0.1, 0.15) is 61.3 Å². The first-order chi connectivity index (χ1) is 18.0. The van der Waals surface area contributed by atoms with Gasteiger partial charge in [0.2, 0.25) is 5.91 Å². The van der Waals surface area contributed by atoms with Crippen LogP contribution in [0.2, 0.25) is 5.02 Å². The standard InChI is InChI=1S/C29H35ClN4O4/c1-6-22(5)33(18-25-12-9-15-31(25)17-24-11-8-7-10-21(24)4)28(35)19-32(20(2)3)29(36)23-13-14-26(30)27(16-23)34(37)38/h7-16,20,22H,6,17-19H2,1-5H3. The number of nitro benzene ring substituents is 1. The fraction of sp³-hybridized carbons (Fsp3) is 0.379. The van der Waals surface area contributed by atoms with E-state index in [1.807, 2.05) is 58.2 Å². The van der Waals surface area contributed by atoms with Crippen LogP contribution < -0.4 is 0 Å². The fourth-order valence-corrected chi connectivity index (χ4v) is 4.47. The summed E-state index contributed by atoms with van der Waals surface area (Å²) in [5.41, 5.74) is 3.18. The predicted molar refractivity (Wildman–Crippen MR) is 149 cm³/mol. The lowest BCUT2D eigenvalue weighted by Crippen LogP contribution is -2.48. The van der Waals surface area contributed by atoms with Crippen molar-refractivity contribution >= 4 is 29.1 Å². The van der Waals surface area contributed by atoms with Gasteiger partial charge in [0.1, 0.15) is 11.6 Å². The molecule has 0 aliphatic carbocycles. The SMILES string of the molecule is CCC(C)N(Cc1cccn1Cc1ccccc1C)C(=O)CN(C(=O)c1ccc(Cl)c([N+](=O)[O-])c1)C(C)C. The zero-order chi connectivity index (χ0) is 28.0. The second-order valence-electron chi connectivity index (χ2n) is 9.78. The smallest absolute Gasteiger partial charge is 0.288 e. The number of amides is 2. The molecular formula is C29H35ClN4O4. The van der Waals surface area contributed by atoms with E-state index in [0.717, 1.165) is 18.2 Å². The van der Waals surface area contributed by atoms with E-state index in [1.54, 1.807) is 4.90 Å². The van der Waals surface area contributed by atoms with Gasteiger partial charge in [-0.05, 0) is 69.5 Å². The average molecular weight is 539 g/mol. The van der Waals surface area contributed by atoms with Gasteiger partial charge in [-0.2, -0.15) is 0 Å². The van der Waals surface area contributed by atoms with E-state index in [9.17, 15) is 19.7 Å². The lowest BCUT2D eigenvalue weighted by molar-refractivity contribution is -0.384. The van der Waals surface area contributed by atoms with Crippen LogP contribution in [-0.2, 0) is 17.9 Å². The van der Waals surface area contributed by atoms with Gasteiger partial charge in [0.05, 0.1) is 11.5 Å². The highest BCUT2D eigenvalue weighted by atomic mass is 35.5. The summed E-state index contributed by atoms with van der Waals surface area (Å²) < 4.78 is 2.14. The predicted octanol–water partition coefficient (Wildman–Crippen LogP) is 6.08. The highest BCUT2D eigenvalue weighted by Gasteiger charge is 2.28. The van der Waals surface area contributed by atoms with Gasteiger partial charge in [-0.3, -0.25) is 19.7 Å². The maximum atomic E-state index is 13.7. The molecule has 0 saturated carbocycles. The van der Waals surface area contributed by atoms with Gasteiger partial charge in [-0.15, -0.1) is 0 Å². The minimum absolute atomic E-state index is 0.0460. The first-order valence-corrected chi connectivity index (χ1v) is 13.1. The van der Waals surface area contributed by atoms with E-state index in [-0.39, 0.29) is 40.8 Å². The summed E-state index contributed by atoms with van der Waals surface area (Å²) in [6, 6.07) is 15.8. The molecule has 38 heavy (non-hydrogen) atoms. The molecule has 3 aromatic rings. The number of aryl methyl sites for hydroxylation is 1. The van der Waals surface area contributed by atoms with Gasteiger partial charge in [-0.1, -0.05) is 42.8 Å². The summed E-state index contributed by atoms with van der Waals surface area (Å²) in [6.07, 6.45) is 2.77. The number of carbonyl (C=O) groups excluding carboxylic acids is 2. The third-order valence-corrected chi connectivity index (χ3v) is 7.20. The molecule has 9 heteroatoms. The van der Waals surface area contributed by atoms with Crippen molar-refractivity contribution in [3.05, 3.63) is 98.3 Å². The van der Waals surface area contributed by atoms with Gasteiger partial charge in [0, 0.05) is 42.1 Å². The molecule has 1 aromatic heterocycles. The number of carbonyl (C=O) groups is 2. The molecule has 0 radical (unpaired) electrons. The van der Waals surface area contributed by atoms with Crippen molar-refractivity contribution in [1.82, 2.24) is 14.4 Å². The normalized spacial score (nSPS) is 11.9. The van der Waals surface area contributed by atoms with Gasteiger partial charge < -0.3 is 14.4 Å². The Morgan fingerprint density at radius 2 is 1.76 bits per heavy atom. The molecule has 2 aromatic carbocycles. The van der Waals surface area contributed by atoms with Crippen molar-refractivity contribution < 1.29 is 14.5 Å². The number of hydrogen-bond donors (Lipinski definition) is 0. The highest BCUT2D eigenvalue weighted by molar-refractivity contribution is 6.32. The second-order valence-corrected chi connectivity index (χ2v) is 10.2. The van der Waals surface area contributed by atoms with Crippen LogP contribution in [0, 0.1) is 17.0 Å². The van der Waals surface area contributed by atoms with Crippen molar-refractivity contribution in [2.45, 2.75) is 66.2 Å². The van der Waals surface area contributed by atoms with Crippen LogP contribution in [0.4, 0.5) is 5.69 Å². The molecule has 8 nitrogen and oxygen atoms in total.